The molecule has 0 aromatic heterocycles. The summed E-state index contributed by atoms with van der Waals surface area (Å²) in [5.41, 5.74) is 1.07. The summed E-state index contributed by atoms with van der Waals surface area (Å²) in [5, 5.41) is 10.2. The topological polar surface area (TPSA) is 66.4 Å². The molecule has 21 heavy (non-hydrogen) atoms. The summed E-state index contributed by atoms with van der Waals surface area (Å²) in [6.07, 6.45) is 2.95. The smallest absolute Gasteiger partial charge is 0.236 e. The molecule has 1 atom stereocenters. The van der Waals surface area contributed by atoms with Crippen molar-refractivity contribution in [1.29, 1.82) is 0 Å². The Hall–Kier alpha value is -1.17. The van der Waals surface area contributed by atoms with Gasteiger partial charge in [0.25, 0.3) is 0 Å². The van der Waals surface area contributed by atoms with Crippen molar-refractivity contribution in [2.45, 2.75) is 39.2 Å². The number of rotatable bonds is 5. The predicted molar refractivity (Wildman–Crippen MR) is 85.1 cm³/mol. The van der Waals surface area contributed by atoms with E-state index < -0.39 is 15.6 Å². The molecule has 0 aliphatic heterocycles. The first-order valence-corrected chi connectivity index (χ1v) is 8.71. The van der Waals surface area contributed by atoms with Crippen LogP contribution in [0.4, 0.5) is 0 Å². The van der Waals surface area contributed by atoms with Crippen molar-refractivity contribution in [2.75, 3.05) is 6.54 Å². The van der Waals surface area contributed by atoms with Crippen molar-refractivity contribution in [3.05, 3.63) is 40.3 Å². The van der Waals surface area contributed by atoms with Gasteiger partial charge in [0.2, 0.25) is 10.0 Å². The van der Waals surface area contributed by atoms with E-state index in [-0.39, 0.29) is 12.5 Å². The molecule has 0 radical (unpaired) electrons. The number of allylic oxidation sites excluding steroid dienone is 1. The first-order chi connectivity index (χ1) is 9.72. The van der Waals surface area contributed by atoms with Crippen LogP contribution < -0.4 is 4.72 Å². The molecule has 1 aliphatic carbocycles. The highest BCUT2D eigenvalue weighted by atomic mass is 32.2. The second kappa shape index (κ2) is 5.91. The monoisotopic (exact) mass is 309 g/mol. The van der Waals surface area contributed by atoms with Gasteiger partial charge in [-0.1, -0.05) is 38.1 Å². The van der Waals surface area contributed by atoms with E-state index in [1.165, 1.54) is 5.56 Å². The summed E-state index contributed by atoms with van der Waals surface area (Å²) in [5.74, 6) is -0.0266. The van der Waals surface area contributed by atoms with Gasteiger partial charge in [-0.2, -0.15) is 0 Å². The van der Waals surface area contributed by atoms with E-state index in [1.807, 2.05) is 38.1 Å². The molecule has 1 unspecified atom stereocenters. The van der Waals surface area contributed by atoms with E-state index >= 15 is 0 Å². The molecule has 1 aromatic carbocycles. The van der Waals surface area contributed by atoms with Crippen LogP contribution in [-0.4, -0.2) is 25.7 Å². The Bertz CT molecular complexity index is 645. The minimum Gasteiger partial charge on any atom is -0.389 e. The number of aliphatic hydroxyl groups is 1. The highest BCUT2D eigenvalue weighted by molar-refractivity contribution is 7.93. The maximum atomic E-state index is 12.4. The summed E-state index contributed by atoms with van der Waals surface area (Å²) in [6, 6.07) is 7.81. The zero-order chi connectivity index (χ0) is 15.7. The minimum absolute atomic E-state index is 0.0198. The van der Waals surface area contributed by atoms with E-state index in [0.29, 0.717) is 11.3 Å². The van der Waals surface area contributed by atoms with Gasteiger partial charge in [-0.25, -0.2) is 13.1 Å². The Kier molecular flexibility index (Phi) is 4.56. The van der Waals surface area contributed by atoms with Crippen molar-refractivity contribution in [1.82, 2.24) is 4.72 Å². The van der Waals surface area contributed by atoms with E-state index in [1.54, 1.807) is 13.0 Å². The summed E-state index contributed by atoms with van der Waals surface area (Å²) in [7, 11) is -3.54. The van der Waals surface area contributed by atoms with Crippen LogP contribution in [0.1, 0.15) is 38.3 Å². The van der Waals surface area contributed by atoms with Gasteiger partial charge in [-0.3, -0.25) is 0 Å². The average molecular weight is 309 g/mol. The van der Waals surface area contributed by atoms with Gasteiger partial charge < -0.3 is 5.11 Å². The van der Waals surface area contributed by atoms with Gasteiger partial charge >= 0.3 is 0 Å². The Morgan fingerprint density at radius 1 is 1.29 bits per heavy atom. The fraction of sp³-hybridized carbons (Fsp3) is 0.500. The molecular formula is C16H23NO3S. The lowest BCUT2D eigenvalue weighted by molar-refractivity contribution is 0.0191. The molecule has 0 fully saturated rings. The van der Waals surface area contributed by atoms with Crippen LogP contribution in [0, 0.1) is 5.92 Å². The number of fused-ring (bicyclic) bond motifs is 1. The molecule has 0 heterocycles. The Labute approximate surface area is 126 Å². The zero-order valence-electron chi connectivity index (χ0n) is 12.8. The van der Waals surface area contributed by atoms with Crippen LogP contribution in [0.3, 0.4) is 0 Å². The van der Waals surface area contributed by atoms with Crippen LogP contribution in [0.15, 0.2) is 29.2 Å². The molecule has 2 N–H and O–H groups in total. The van der Waals surface area contributed by atoms with Crippen molar-refractivity contribution in [2.24, 2.45) is 5.92 Å². The van der Waals surface area contributed by atoms with Crippen molar-refractivity contribution in [3.8, 4) is 0 Å². The fourth-order valence-electron chi connectivity index (χ4n) is 2.16. The molecule has 0 saturated carbocycles. The average Bonchev–Trinajstić information content (AvgIpc) is 2.45. The van der Waals surface area contributed by atoms with Gasteiger partial charge in [0.1, 0.15) is 0 Å². The number of hydrogen-bond acceptors (Lipinski definition) is 3. The molecule has 2 rings (SSSR count). The van der Waals surface area contributed by atoms with Crippen LogP contribution >= 0.6 is 0 Å². The standard InChI is InChI=1S/C16H23NO3S/c1-12(2)16(3,18)11-17-21(19,20)15-9-8-13-6-4-5-7-14(13)10-15/h4-7,10,12,17-18H,8-9,11H2,1-3H3. The maximum absolute atomic E-state index is 12.4. The zero-order valence-corrected chi connectivity index (χ0v) is 13.6. The number of hydrogen-bond donors (Lipinski definition) is 2. The van der Waals surface area contributed by atoms with E-state index in [4.69, 9.17) is 0 Å². The molecular weight excluding hydrogens is 286 g/mol. The SMILES string of the molecule is CC(C)C(C)(O)CNS(=O)(=O)C1=Cc2ccccc2CC1. The maximum Gasteiger partial charge on any atom is 0.236 e. The Morgan fingerprint density at radius 3 is 2.62 bits per heavy atom. The number of nitrogens with one attached hydrogen (secondary N) is 1. The van der Waals surface area contributed by atoms with Crippen molar-refractivity contribution < 1.29 is 13.5 Å². The molecule has 1 aromatic rings. The highest BCUT2D eigenvalue weighted by Gasteiger charge is 2.29. The Morgan fingerprint density at radius 2 is 1.95 bits per heavy atom. The van der Waals surface area contributed by atoms with Gasteiger partial charge in [0.15, 0.2) is 0 Å². The number of sulfonamides is 1. The summed E-state index contributed by atoms with van der Waals surface area (Å²) >= 11 is 0. The predicted octanol–water partition coefficient (Wildman–Crippen LogP) is 2.30. The van der Waals surface area contributed by atoms with Crippen molar-refractivity contribution in [3.63, 3.8) is 0 Å². The molecule has 116 valence electrons. The quantitative estimate of drug-likeness (QED) is 0.877. The third-order valence-electron chi connectivity index (χ3n) is 4.22. The number of aryl methyl sites for hydroxylation is 1. The summed E-state index contributed by atoms with van der Waals surface area (Å²) in [4.78, 5) is 0.390. The fourth-order valence-corrected chi connectivity index (χ4v) is 3.48. The van der Waals surface area contributed by atoms with Crippen LogP contribution in [0.2, 0.25) is 0 Å². The third kappa shape index (κ3) is 3.73. The van der Waals surface area contributed by atoms with Gasteiger partial charge in [-0.05, 0) is 42.9 Å². The van der Waals surface area contributed by atoms with E-state index in [9.17, 15) is 13.5 Å². The normalized spacial score (nSPS) is 18.0. The highest BCUT2D eigenvalue weighted by Crippen LogP contribution is 2.26. The first-order valence-electron chi connectivity index (χ1n) is 7.23. The lowest BCUT2D eigenvalue weighted by Gasteiger charge is -2.28. The third-order valence-corrected chi connectivity index (χ3v) is 5.76. The van der Waals surface area contributed by atoms with E-state index in [2.05, 4.69) is 4.72 Å². The molecule has 0 saturated heterocycles. The number of benzene rings is 1. The molecule has 0 spiro atoms. The summed E-state index contributed by atoms with van der Waals surface area (Å²) < 4.78 is 27.3. The molecule has 4 nitrogen and oxygen atoms in total. The second-order valence-electron chi connectivity index (χ2n) is 6.15. The van der Waals surface area contributed by atoms with Crippen LogP contribution in [0.5, 0.6) is 0 Å². The van der Waals surface area contributed by atoms with E-state index in [0.717, 1.165) is 12.0 Å². The molecule has 1 aliphatic rings. The lowest BCUT2D eigenvalue weighted by atomic mass is 9.93. The van der Waals surface area contributed by atoms with Crippen LogP contribution in [0.25, 0.3) is 6.08 Å². The molecule has 0 amide bonds. The van der Waals surface area contributed by atoms with Gasteiger partial charge in [0, 0.05) is 6.54 Å². The molecule has 0 bridgehead atoms. The summed E-state index contributed by atoms with van der Waals surface area (Å²) in [6.45, 7) is 5.39. The largest absolute Gasteiger partial charge is 0.389 e. The van der Waals surface area contributed by atoms with Crippen molar-refractivity contribution >= 4 is 16.1 Å². The minimum atomic E-state index is -3.54. The van der Waals surface area contributed by atoms with Gasteiger partial charge in [0.05, 0.1) is 10.5 Å². The lowest BCUT2D eigenvalue weighted by Crippen LogP contribution is -2.44. The van der Waals surface area contributed by atoms with Gasteiger partial charge in [-0.15, -0.1) is 0 Å². The Balaban J connectivity index is 2.17. The second-order valence-corrected chi connectivity index (χ2v) is 7.97. The first kappa shape index (κ1) is 16.2. The van der Waals surface area contributed by atoms with Crippen LogP contribution in [-0.2, 0) is 16.4 Å². The molecule has 5 heteroatoms.